The molecule has 30 heteroatoms. The molecule has 1 aromatic rings. The summed E-state index contributed by atoms with van der Waals surface area (Å²) in [6.07, 6.45) is -32.0. The maximum atomic E-state index is 14.4. The van der Waals surface area contributed by atoms with E-state index in [1.165, 1.54) is 28.3 Å². The van der Waals surface area contributed by atoms with Gasteiger partial charge in [-0.05, 0) is 31.9 Å². The molecule has 446 valence electrons. The van der Waals surface area contributed by atoms with Crippen molar-refractivity contribution in [2.75, 3.05) is 47.8 Å². The van der Waals surface area contributed by atoms with Crippen LogP contribution in [0.4, 0.5) is 0 Å². The number of hydrogen-bond acceptors (Lipinski definition) is 27. The Balaban J connectivity index is 1.55. The first-order chi connectivity index (χ1) is 37.0. The fourth-order valence-electron chi connectivity index (χ4n) is 9.52. The summed E-state index contributed by atoms with van der Waals surface area (Å²) in [7, 11) is 3.72. The Morgan fingerprint density at radius 2 is 1.31 bits per heavy atom. The molecular weight excluding hydrogens is 1050 g/mol. The van der Waals surface area contributed by atoms with Gasteiger partial charge in [0.15, 0.2) is 30.4 Å². The van der Waals surface area contributed by atoms with Crippen molar-refractivity contribution in [2.45, 2.75) is 194 Å². The number of phenolic OH excluding ortho intramolecular Hbond substituents is 1. The molecule has 21 atom stereocenters. The van der Waals surface area contributed by atoms with Crippen LogP contribution in [0.5, 0.6) is 17.2 Å². The number of esters is 1. The van der Waals surface area contributed by atoms with E-state index < -0.39 is 178 Å². The average molecular weight is 1130 g/mol. The number of rotatable bonds is 27. The van der Waals surface area contributed by atoms with E-state index in [4.69, 9.17) is 47.4 Å². The Labute approximate surface area is 447 Å². The molecule has 0 aliphatic carbocycles. The van der Waals surface area contributed by atoms with Gasteiger partial charge in [-0.1, -0.05) is 25.7 Å². The Hall–Kier alpha value is -4.26. The van der Waals surface area contributed by atoms with Crippen LogP contribution in [-0.2, 0) is 57.0 Å². The summed E-state index contributed by atoms with van der Waals surface area (Å²) in [6, 6.07) is -1.02. The van der Waals surface area contributed by atoms with Gasteiger partial charge in [0.2, 0.25) is 11.7 Å². The Morgan fingerprint density at radius 1 is 0.718 bits per heavy atom. The van der Waals surface area contributed by atoms with Gasteiger partial charge in [0.05, 0.1) is 59.4 Å². The van der Waals surface area contributed by atoms with Crippen LogP contribution < -0.4 is 20.1 Å². The fourth-order valence-corrected chi connectivity index (χ4v) is 9.52. The molecule has 14 unspecified atom stereocenters. The highest BCUT2D eigenvalue weighted by molar-refractivity contribution is 5.96. The lowest BCUT2D eigenvalue weighted by Crippen LogP contribution is -2.71. The van der Waals surface area contributed by atoms with Gasteiger partial charge in [0.1, 0.15) is 85.4 Å². The number of methoxy groups -OCH3 is 3. The van der Waals surface area contributed by atoms with Gasteiger partial charge in [-0.2, -0.15) is 0 Å². The number of hydrogen-bond donors (Lipinski definition) is 15. The molecule has 15 N–H and O–H groups in total. The number of amides is 2. The number of carbonyl (C=O) groups is 4. The molecule has 4 saturated heterocycles. The fraction of sp³-hybridized carbons (Fsp3) is 0.792. The SMILES string of the molecule is COC(=O)CCCCCCCCO[C@@H]1OC(CO)[C@H](OC2OC(CO)[C@@H](O)C(O[C@]3(C(=O)O)CC(O)[C@@H](NC(C)=O)C(C(O)C(O)CO)O3)C2O)C(O[C@@H]2OC(C)[C@H](O)C(O)C2O)C1NC(=O)c1cc(OC)c(O)c(OC)c1. The number of carboxylic acid groups (broad SMARTS) is 1. The molecule has 30 nitrogen and oxygen atoms in total. The molecule has 4 aliphatic rings. The molecule has 0 bridgehead atoms. The van der Waals surface area contributed by atoms with E-state index in [2.05, 4.69) is 15.4 Å². The normalized spacial score (nSPS) is 35.9. The zero-order chi connectivity index (χ0) is 57.8. The topological polar surface area (TPSA) is 457 Å². The number of benzene rings is 1. The number of unbranched alkanes of at least 4 members (excludes halogenated alkanes) is 5. The Morgan fingerprint density at radius 3 is 1.88 bits per heavy atom. The molecule has 2 amide bonds. The maximum absolute atomic E-state index is 14.4. The molecule has 4 aliphatic heterocycles. The number of ether oxygens (including phenoxy) is 11. The first kappa shape index (κ1) is 64.6. The van der Waals surface area contributed by atoms with Gasteiger partial charge in [0, 0.05) is 31.9 Å². The third-order valence-electron chi connectivity index (χ3n) is 13.9. The van der Waals surface area contributed by atoms with Crippen LogP contribution in [0.2, 0.25) is 0 Å². The van der Waals surface area contributed by atoms with E-state index >= 15 is 0 Å². The van der Waals surface area contributed by atoms with Gasteiger partial charge in [-0.3, -0.25) is 14.4 Å². The van der Waals surface area contributed by atoms with Crippen molar-refractivity contribution in [3.8, 4) is 17.2 Å². The summed E-state index contributed by atoms with van der Waals surface area (Å²) in [5.74, 6) is -8.18. The van der Waals surface area contributed by atoms with Crippen LogP contribution in [0.15, 0.2) is 12.1 Å². The van der Waals surface area contributed by atoms with Crippen molar-refractivity contribution in [1.82, 2.24) is 10.6 Å². The second-order valence-corrected chi connectivity index (χ2v) is 19.3. The van der Waals surface area contributed by atoms with Gasteiger partial charge in [0.25, 0.3) is 11.7 Å². The highest BCUT2D eigenvalue weighted by Gasteiger charge is 2.61. The van der Waals surface area contributed by atoms with Crippen molar-refractivity contribution in [1.29, 1.82) is 0 Å². The first-order valence-corrected chi connectivity index (χ1v) is 25.4. The first-order valence-electron chi connectivity index (χ1n) is 25.4. The number of carbonyl (C=O) groups excluding carboxylic acids is 3. The highest BCUT2D eigenvalue weighted by atomic mass is 16.8. The van der Waals surface area contributed by atoms with Crippen molar-refractivity contribution >= 4 is 23.8 Å². The van der Waals surface area contributed by atoms with Gasteiger partial charge in [-0.15, -0.1) is 0 Å². The van der Waals surface area contributed by atoms with Gasteiger partial charge >= 0.3 is 11.9 Å². The lowest BCUT2D eigenvalue weighted by Gasteiger charge is -2.51. The molecule has 78 heavy (non-hydrogen) atoms. The average Bonchev–Trinajstić information content (AvgIpc) is 3.54. The lowest BCUT2D eigenvalue weighted by atomic mass is 9.88. The summed E-state index contributed by atoms with van der Waals surface area (Å²) in [5.41, 5.74) is -0.202. The predicted molar refractivity (Wildman–Crippen MR) is 256 cm³/mol. The maximum Gasteiger partial charge on any atom is 0.364 e. The standard InChI is InChI=1S/C48H76N2O28/c1-20-32(58)36(62)37(63)45(72-20)76-41-31(50-43(65)22-14-25(68-3)34(60)26(15-22)69-4)44(71-13-11-9-7-6-8-10-12-29(57)70-5)74-28(19-53)39(41)75-46-38(64)42(35(61)27(18-52)73-46)78-48(47(66)67)16-23(55)30(49-21(2)54)40(77-48)33(59)24(56)17-51/h14-15,20,23-24,27-28,30-33,35-42,44-46,51-53,55-56,58-64H,6-13,16-19H2,1-5H3,(H,49,54)(H,50,65)(H,66,67)/t20?,23?,24?,27?,28?,30-,31?,32+,33?,35-,36?,37?,38?,39+,40?,41?,42?,44-,45+,46?,48+/m1/s1. The molecule has 1 aromatic carbocycles. The molecule has 0 saturated carbocycles. The van der Waals surface area contributed by atoms with E-state index in [0.29, 0.717) is 19.3 Å². The summed E-state index contributed by atoms with van der Waals surface area (Å²) in [4.78, 5) is 51.3. The van der Waals surface area contributed by atoms with E-state index in [0.717, 1.165) is 38.3 Å². The minimum atomic E-state index is -3.18. The number of nitrogens with one attached hydrogen (secondary N) is 2. The monoisotopic (exact) mass is 1130 g/mol. The number of aliphatic carboxylic acids is 1. The lowest BCUT2D eigenvalue weighted by molar-refractivity contribution is -0.391. The molecule has 0 spiro atoms. The zero-order valence-corrected chi connectivity index (χ0v) is 43.6. The second kappa shape index (κ2) is 29.5. The Kier molecular flexibility index (Phi) is 24.4. The largest absolute Gasteiger partial charge is 0.502 e. The van der Waals surface area contributed by atoms with Crippen LogP contribution in [0.1, 0.15) is 75.6 Å². The van der Waals surface area contributed by atoms with Crippen molar-refractivity contribution in [2.24, 2.45) is 0 Å². The van der Waals surface area contributed by atoms with Crippen LogP contribution >= 0.6 is 0 Å². The van der Waals surface area contributed by atoms with Gasteiger partial charge < -0.3 is 129 Å². The molecular formula is C48H76N2O28. The third kappa shape index (κ3) is 15.4. The Bertz CT molecular complexity index is 2070. The van der Waals surface area contributed by atoms with Crippen LogP contribution in [0, 0.1) is 0 Å². The summed E-state index contributed by atoms with van der Waals surface area (Å²) in [6.45, 7) is -0.915. The van der Waals surface area contributed by atoms with Crippen LogP contribution in [-0.4, -0.2) is 266 Å². The van der Waals surface area contributed by atoms with Gasteiger partial charge in [-0.25, -0.2) is 4.79 Å². The van der Waals surface area contributed by atoms with E-state index in [9.17, 15) is 85.6 Å². The smallest absolute Gasteiger partial charge is 0.364 e. The van der Waals surface area contributed by atoms with E-state index in [1.54, 1.807) is 0 Å². The quantitative estimate of drug-likeness (QED) is 0.0289. The minimum Gasteiger partial charge on any atom is -0.502 e. The molecule has 4 heterocycles. The molecule has 4 fully saturated rings. The summed E-state index contributed by atoms with van der Waals surface area (Å²) < 4.78 is 63.5. The molecule has 5 rings (SSSR count). The number of phenols is 1. The molecule has 0 aromatic heterocycles. The second-order valence-electron chi connectivity index (χ2n) is 19.3. The van der Waals surface area contributed by atoms with Crippen molar-refractivity contribution in [3.05, 3.63) is 17.7 Å². The summed E-state index contributed by atoms with van der Waals surface area (Å²) in [5, 5.41) is 146. The predicted octanol–water partition coefficient (Wildman–Crippen LogP) is -5.28. The van der Waals surface area contributed by atoms with E-state index in [1.807, 2.05) is 0 Å². The number of aliphatic hydroxyl groups excluding tert-OH is 11. The number of aliphatic hydroxyl groups is 11. The summed E-state index contributed by atoms with van der Waals surface area (Å²) >= 11 is 0. The third-order valence-corrected chi connectivity index (χ3v) is 13.9. The van der Waals surface area contributed by atoms with Crippen molar-refractivity contribution < 1.29 is 138 Å². The molecule has 0 radical (unpaired) electrons. The number of aromatic hydroxyl groups is 1. The number of carboxylic acids is 1. The van der Waals surface area contributed by atoms with E-state index in [-0.39, 0.29) is 36.1 Å². The van der Waals surface area contributed by atoms with Crippen LogP contribution in [0.25, 0.3) is 0 Å². The minimum absolute atomic E-state index is 0.0645. The highest BCUT2D eigenvalue weighted by Crippen LogP contribution is 2.41. The zero-order valence-electron chi connectivity index (χ0n) is 43.6. The van der Waals surface area contributed by atoms with Crippen molar-refractivity contribution in [3.63, 3.8) is 0 Å². The van der Waals surface area contributed by atoms with Crippen LogP contribution in [0.3, 0.4) is 0 Å².